The highest BCUT2D eigenvalue weighted by atomic mass is 16.5. The molecule has 1 saturated heterocycles. The van der Waals surface area contributed by atoms with Crippen molar-refractivity contribution in [3.05, 3.63) is 58.9 Å². The van der Waals surface area contributed by atoms with Crippen LogP contribution in [0, 0.1) is 12.3 Å². The van der Waals surface area contributed by atoms with E-state index >= 15 is 0 Å². The number of nitrogens with zero attached hydrogens (tertiary/aromatic N) is 2. The highest BCUT2D eigenvalue weighted by Gasteiger charge is 2.42. The van der Waals surface area contributed by atoms with Gasteiger partial charge < -0.3 is 31.0 Å². The first kappa shape index (κ1) is 28.6. The van der Waals surface area contributed by atoms with Crippen molar-refractivity contribution in [1.82, 2.24) is 20.2 Å². The standard InChI is InChI=1S/C29H37N7O4/c1-4-40-25(38)14-13-24(37)35-29(3,28(39)36-15-5-6-16-36)21-11-12-22-26(18(21)2)34-23(33-22)17-32-20-9-7-19(8-10-20)27(30)31/h7-12,32H,4-6,13-17H2,1-3H3,(H3,30,31)(H,33,34)(H,35,37). The third-order valence-electron chi connectivity index (χ3n) is 7.22. The highest BCUT2D eigenvalue weighted by molar-refractivity contribution is 5.96. The number of ether oxygens (including phenoxy) is 1. The number of carbonyl (C=O) groups excluding carboxylic acids is 3. The Kier molecular flexibility index (Phi) is 8.71. The first-order valence-corrected chi connectivity index (χ1v) is 13.6. The fourth-order valence-corrected chi connectivity index (χ4v) is 5.10. The maximum absolute atomic E-state index is 13.8. The molecule has 6 N–H and O–H groups in total. The van der Waals surface area contributed by atoms with Crippen LogP contribution in [0.1, 0.15) is 62.0 Å². The molecule has 11 nitrogen and oxygen atoms in total. The Hall–Kier alpha value is -4.41. The number of amidine groups is 1. The summed E-state index contributed by atoms with van der Waals surface area (Å²) in [6.07, 6.45) is 1.71. The number of hydrogen-bond acceptors (Lipinski definition) is 7. The summed E-state index contributed by atoms with van der Waals surface area (Å²) in [7, 11) is 0. The molecule has 1 aliphatic heterocycles. The van der Waals surface area contributed by atoms with Crippen LogP contribution < -0.4 is 16.4 Å². The van der Waals surface area contributed by atoms with E-state index in [4.69, 9.17) is 20.9 Å². The number of nitrogen functional groups attached to an aromatic ring is 1. The van der Waals surface area contributed by atoms with Gasteiger partial charge in [0.25, 0.3) is 5.91 Å². The lowest BCUT2D eigenvalue weighted by atomic mass is 9.86. The molecular formula is C29H37N7O4. The summed E-state index contributed by atoms with van der Waals surface area (Å²) in [6, 6.07) is 11.0. The molecule has 3 aromatic rings. The van der Waals surface area contributed by atoms with Gasteiger partial charge in [-0.25, -0.2) is 4.98 Å². The van der Waals surface area contributed by atoms with Crippen LogP contribution in [0.3, 0.4) is 0 Å². The maximum atomic E-state index is 13.8. The molecule has 1 unspecified atom stereocenters. The Balaban J connectivity index is 1.58. The molecule has 40 heavy (non-hydrogen) atoms. The molecule has 2 aromatic carbocycles. The van der Waals surface area contributed by atoms with Crippen LogP contribution in [-0.2, 0) is 31.2 Å². The van der Waals surface area contributed by atoms with Gasteiger partial charge in [0.1, 0.15) is 17.2 Å². The average Bonchev–Trinajstić information content (AvgIpc) is 3.61. The fraction of sp³-hybridized carbons (Fsp3) is 0.414. The Morgan fingerprint density at radius 2 is 1.82 bits per heavy atom. The van der Waals surface area contributed by atoms with E-state index in [2.05, 4.69) is 15.6 Å². The zero-order valence-electron chi connectivity index (χ0n) is 23.2. The third-order valence-corrected chi connectivity index (χ3v) is 7.22. The van der Waals surface area contributed by atoms with Crippen LogP contribution in [0.4, 0.5) is 5.69 Å². The Labute approximate surface area is 233 Å². The quantitative estimate of drug-likeness (QED) is 0.140. The Morgan fingerprint density at radius 1 is 1.12 bits per heavy atom. The van der Waals surface area contributed by atoms with E-state index in [1.807, 2.05) is 31.2 Å². The van der Waals surface area contributed by atoms with Gasteiger partial charge in [-0.3, -0.25) is 19.8 Å². The molecule has 2 heterocycles. The average molecular weight is 548 g/mol. The largest absolute Gasteiger partial charge is 0.466 e. The molecule has 2 amide bonds. The van der Waals surface area contributed by atoms with E-state index in [0.717, 1.165) is 29.6 Å². The third kappa shape index (κ3) is 6.24. The van der Waals surface area contributed by atoms with Crippen molar-refractivity contribution in [2.24, 2.45) is 5.73 Å². The molecule has 0 aliphatic carbocycles. The lowest BCUT2D eigenvalue weighted by molar-refractivity contribution is -0.145. The van der Waals surface area contributed by atoms with Gasteiger partial charge in [-0.1, -0.05) is 6.07 Å². The lowest BCUT2D eigenvalue weighted by Crippen LogP contribution is -2.55. The summed E-state index contributed by atoms with van der Waals surface area (Å²) >= 11 is 0. The number of carbonyl (C=O) groups is 3. The molecule has 212 valence electrons. The number of aryl methyl sites for hydroxylation is 1. The molecule has 1 atom stereocenters. The number of likely N-dealkylation sites (tertiary alicyclic amines) is 1. The summed E-state index contributed by atoms with van der Waals surface area (Å²) in [5.41, 5.74) is 8.68. The molecule has 11 heteroatoms. The van der Waals surface area contributed by atoms with Crippen LogP contribution in [0.5, 0.6) is 0 Å². The number of amides is 2. The van der Waals surface area contributed by atoms with Gasteiger partial charge in [0, 0.05) is 30.8 Å². The topological polar surface area (TPSA) is 166 Å². The predicted octanol–water partition coefficient (Wildman–Crippen LogP) is 3.06. The number of benzene rings is 2. The SMILES string of the molecule is CCOC(=O)CCC(=O)NC(C)(C(=O)N1CCCC1)c1ccc2[nH]c(CNc3ccc(C(=N)N)cc3)nc2c1C. The van der Waals surface area contributed by atoms with Crippen molar-refractivity contribution in [1.29, 1.82) is 5.41 Å². The number of esters is 1. The molecule has 0 bridgehead atoms. The number of H-pyrrole nitrogens is 1. The monoisotopic (exact) mass is 547 g/mol. The van der Waals surface area contributed by atoms with Crippen molar-refractivity contribution in [2.75, 3.05) is 25.0 Å². The van der Waals surface area contributed by atoms with Crippen molar-refractivity contribution >= 4 is 40.3 Å². The summed E-state index contributed by atoms with van der Waals surface area (Å²) in [5.74, 6) is -0.304. The second-order valence-electron chi connectivity index (χ2n) is 10.1. The number of nitrogens with one attached hydrogen (secondary N) is 4. The molecule has 0 spiro atoms. The zero-order valence-corrected chi connectivity index (χ0v) is 23.2. The second-order valence-corrected chi connectivity index (χ2v) is 10.1. The van der Waals surface area contributed by atoms with E-state index in [9.17, 15) is 14.4 Å². The van der Waals surface area contributed by atoms with Gasteiger partial charge >= 0.3 is 5.97 Å². The van der Waals surface area contributed by atoms with Crippen molar-refractivity contribution in [2.45, 2.75) is 58.5 Å². The first-order chi connectivity index (χ1) is 19.1. The number of hydrogen-bond donors (Lipinski definition) is 5. The van der Waals surface area contributed by atoms with Gasteiger partial charge in [0.2, 0.25) is 5.91 Å². The molecule has 4 rings (SSSR count). The van der Waals surface area contributed by atoms with Gasteiger partial charge in [0.15, 0.2) is 0 Å². The number of rotatable bonds is 11. The number of imidazole rings is 1. The van der Waals surface area contributed by atoms with Crippen LogP contribution in [-0.4, -0.2) is 58.2 Å². The molecular weight excluding hydrogens is 510 g/mol. The fourth-order valence-electron chi connectivity index (χ4n) is 5.10. The summed E-state index contributed by atoms with van der Waals surface area (Å²) in [6.45, 7) is 7.29. The van der Waals surface area contributed by atoms with Crippen LogP contribution in [0.2, 0.25) is 0 Å². The Bertz CT molecular complexity index is 1410. The molecule has 1 aromatic heterocycles. The summed E-state index contributed by atoms with van der Waals surface area (Å²) < 4.78 is 4.94. The van der Waals surface area contributed by atoms with E-state index < -0.39 is 17.4 Å². The molecule has 0 saturated carbocycles. The number of aromatic amines is 1. The molecule has 1 aliphatic rings. The van der Waals surface area contributed by atoms with Crippen molar-refractivity contribution in [3.63, 3.8) is 0 Å². The normalized spacial score (nSPS) is 14.5. The Morgan fingerprint density at radius 3 is 2.48 bits per heavy atom. The zero-order chi connectivity index (χ0) is 28.9. The van der Waals surface area contributed by atoms with Crippen molar-refractivity contribution < 1.29 is 19.1 Å². The predicted molar refractivity (Wildman–Crippen MR) is 153 cm³/mol. The van der Waals surface area contributed by atoms with Gasteiger partial charge in [-0.05, 0) is 75.1 Å². The summed E-state index contributed by atoms with van der Waals surface area (Å²) in [5, 5.41) is 13.8. The number of anilines is 1. The number of nitrogens with two attached hydrogens (primary N) is 1. The van der Waals surface area contributed by atoms with Crippen molar-refractivity contribution in [3.8, 4) is 0 Å². The smallest absolute Gasteiger partial charge is 0.306 e. The van der Waals surface area contributed by atoms with Crippen LogP contribution in [0.25, 0.3) is 11.0 Å². The minimum atomic E-state index is -1.33. The van der Waals surface area contributed by atoms with Gasteiger partial charge in [-0.15, -0.1) is 0 Å². The molecule has 0 radical (unpaired) electrons. The van der Waals surface area contributed by atoms with E-state index in [-0.39, 0.29) is 31.2 Å². The van der Waals surface area contributed by atoms with Crippen LogP contribution in [0.15, 0.2) is 36.4 Å². The van der Waals surface area contributed by atoms with Gasteiger partial charge in [-0.2, -0.15) is 0 Å². The minimum Gasteiger partial charge on any atom is -0.466 e. The van der Waals surface area contributed by atoms with Gasteiger partial charge in [0.05, 0.1) is 30.6 Å². The highest BCUT2D eigenvalue weighted by Crippen LogP contribution is 2.32. The van der Waals surface area contributed by atoms with E-state index in [1.165, 1.54) is 0 Å². The number of aromatic nitrogens is 2. The first-order valence-electron chi connectivity index (χ1n) is 13.6. The van der Waals surface area contributed by atoms with E-state index in [1.54, 1.807) is 30.9 Å². The minimum absolute atomic E-state index is 0.0144. The maximum Gasteiger partial charge on any atom is 0.306 e. The second kappa shape index (κ2) is 12.2. The van der Waals surface area contributed by atoms with E-state index in [0.29, 0.717) is 42.1 Å². The van der Waals surface area contributed by atoms with Crippen LogP contribution >= 0.6 is 0 Å². The molecule has 1 fully saturated rings. The lowest BCUT2D eigenvalue weighted by Gasteiger charge is -2.35. The summed E-state index contributed by atoms with van der Waals surface area (Å²) in [4.78, 5) is 48.5. The number of fused-ring (bicyclic) bond motifs is 1.